The van der Waals surface area contributed by atoms with Crippen LogP contribution in [0, 0.1) is 0 Å². The first-order valence-electron chi connectivity index (χ1n) is 6.37. The summed E-state index contributed by atoms with van der Waals surface area (Å²) >= 11 is 0. The van der Waals surface area contributed by atoms with E-state index in [0.717, 1.165) is 23.3 Å². The maximum Gasteiger partial charge on any atom is 0.251 e. The molecule has 0 aliphatic heterocycles. The SMILES string of the molecule is CCn1nnc2cc(C(=O)NCc3ccn[nH]3)ccc21. The van der Waals surface area contributed by atoms with Crippen molar-refractivity contribution in [1.29, 1.82) is 0 Å². The number of nitrogens with one attached hydrogen (secondary N) is 2. The number of aromatic nitrogens is 5. The van der Waals surface area contributed by atoms with Crippen molar-refractivity contribution in [1.82, 2.24) is 30.5 Å². The van der Waals surface area contributed by atoms with E-state index in [-0.39, 0.29) is 5.91 Å². The monoisotopic (exact) mass is 270 g/mol. The molecule has 1 amide bonds. The molecule has 20 heavy (non-hydrogen) atoms. The summed E-state index contributed by atoms with van der Waals surface area (Å²) in [5, 5.41) is 17.5. The van der Waals surface area contributed by atoms with E-state index in [0.29, 0.717) is 12.1 Å². The molecule has 7 nitrogen and oxygen atoms in total. The second-order valence-corrected chi connectivity index (χ2v) is 4.37. The van der Waals surface area contributed by atoms with Crippen LogP contribution in [-0.4, -0.2) is 31.1 Å². The van der Waals surface area contributed by atoms with Gasteiger partial charge in [-0.25, -0.2) is 4.68 Å². The van der Waals surface area contributed by atoms with Gasteiger partial charge in [0.05, 0.1) is 17.8 Å². The van der Waals surface area contributed by atoms with Gasteiger partial charge in [0.2, 0.25) is 0 Å². The Kier molecular flexibility index (Phi) is 3.16. The molecule has 0 aliphatic carbocycles. The van der Waals surface area contributed by atoms with Crippen molar-refractivity contribution in [2.75, 3.05) is 0 Å². The molecular weight excluding hydrogens is 256 g/mol. The Hall–Kier alpha value is -2.70. The predicted molar refractivity (Wildman–Crippen MR) is 73.0 cm³/mol. The number of benzene rings is 1. The van der Waals surface area contributed by atoms with Gasteiger partial charge in [0.25, 0.3) is 5.91 Å². The maximum absolute atomic E-state index is 12.1. The molecule has 0 aliphatic rings. The number of hydrogen-bond donors (Lipinski definition) is 2. The van der Waals surface area contributed by atoms with Crippen molar-refractivity contribution < 1.29 is 4.79 Å². The minimum atomic E-state index is -0.146. The van der Waals surface area contributed by atoms with Crippen LogP contribution in [-0.2, 0) is 13.1 Å². The van der Waals surface area contributed by atoms with Crippen LogP contribution >= 0.6 is 0 Å². The second kappa shape index (κ2) is 5.12. The van der Waals surface area contributed by atoms with Gasteiger partial charge in [0.15, 0.2) is 0 Å². The molecule has 0 fully saturated rings. The van der Waals surface area contributed by atoms with Gasteiger partial charge in [0, 0.05) is 18.3 Å². The van der Waals surface area contributed by atoms with Gasteiger partial charge in [0.1, 0.15) is 5.52 Å². The van der Waals surface area contributed by atoms with Crippen molar-refractivity contribution in [3.05, 3.63) is 41.7 Å². The minimum Gasteiger partial charge on any atom is -0.346 e. The van der Waals surface area contributed by atoms with Crippen LogP contribution in [0.25, 0.3) is 11.0 Å². The summed E-state index contributed by atoms with van der Waals surface area (Å²) in [5.74, 6) is -0.146. The number of nitrogens with zero attached hydrogens (tertiary/aromatic N) is 4. The lowest BCUT2D eigenvalue weighted by molar-refractivity contribution is 0.0950. The van der Waals surface area contributed by atoms with Crippen LogP contribution in [0.15, 0.2) is 30.5 Å². The van der Waals surface area contributed by atoms with Gasteiger partial charge in [-0.1, -0.05) is 5.21 Å². The molecule has 0 unspecified atom stereocenters. The molecule has 1 aromatic carbocycles. The molecule has 2 aromatic heterocycles. The summed E-state index contributed by atoms with van der Waals surface area (Å²) in [6.45, 7) is 3.17. The summed E-state index contributed by atoms with van der Waals surface area (Å²) in [7, 11) is 0. The molecule has 0 atom stereocenters. The number of aromatic amines is 1. The van der Waals surface area contributed by atoms with Gasteiger partial charge in [-0.05, 0) is 31.2 Å². The zero-order chi connectivity index (χ0) is 13.9. The number of H-pyrrole nitrogens is 1. The number of carbonyl (C=O) groups is 1. The fourth-order valence-electron chi connectivity index (χ4n) is 2.01. The molecular formula is C13H14N6O. The Morgan fingerprint density at radius 2 is 2.30 bits per heavy atom. The topological polar surface area (TPSA) is 88.5 Å². The zero-order valence-electron chi connectivity index (χ0n) is 11.0. The Morgan fingerprint density at radius 1 is 1.40 bits per heavy atom. The smallest absolute Gasteiger partial charge is 0.251 e. The summed E-state index contributed by atoms with van der Waals surface area (Å²) in [6, 6.07) is 7.21. The molecule has 0 saturated heterocycles. The van der Waals surface area contributed by atoms with E-state index in [2.05, 4.69) is 25.8 Å². The first-order valence-corrected chi connectivity index (χ1v) is 6.37. The number of rotatable bonds is 4. The molecule has 3 rings (SSSR count). The van der Waals surface area contributed by atoms with E-state index in [4.69, 9.17) is 0 Å². The largest absolute Gasteiger partial charge is 0.346 e. The molecule has 7 heteroatoms. The van der Waals surface area contributed by atoms with Gasteiger partial charge < -0.3 is 5.32 Å². The normalized spacial score (nSPS) is 10.8. The van der Waals surface area contributed by atoms with Crippen LogP contribution in [0.3, 0.4) is 0 Å². The molecule has 0 bridgehead atoms. The van der Waals surface area contributed by atoms with Crippen molar-refractivity contribution in [3.63, 3.8) is 0 Å². The van der Waals surface area contributed by atoms with E-state index in [9.17, 15) is 4.79 Å². The lowest BCUT2D eigenvalue weighted by atomic mass is 10.2. The van der Waals surface area contributed by atoms with Gasteiger partial charge in [-0.2, -0.15) is 5.10 Å². The van der Waals surface area contributed by atoms with E-state index in [1.807, 2.05) is 19.1 Å². The first-order chi connectivity index (χ1) is 9.78. The second-order valence-electron chi connectivity index (χ2n) is 4.37. The third-order valence-electron chi connectivity index (χ3n) is 3.07. The quantitative estimate of drug-likeness (QED) is 0.743. The first kappa shape index (κ1) is 12.3. The number of carbonyl (C=O) groups excluding carboxylic acids is 1. The summed E-state index contributed by atoms with van der Waals surface area (Å²) in [5.41, 5.74) is 3.08. The van der Waals surface area contributed by atoms with Crippen molar-refractivity contribution in [2.24, 2.45) is 0 Å². The standard InChI is InChI=1S/C13H14N6O/c1-2-19-12-4-3-9(7-11(12)17-18-19)13(20)14-8-10-5-6-15-16-10/h3-7H,2,8H2,1H3,(H,14,20)(H,15,16). The van der Waals surface area contributed by atoms with Crippen LogP contribution in [0.4, 0.5) is 0 Å². The van der Waals surface area contributed by atoms with Gasteiger partial charge in [-0.15, -0.1) is 5.10 Å². The highest BCUT2D eigenvalue weighted by Crippen LogP contribution is 2.13. The Labute approximate surface area is 115 Å². The highest BCUT2D eigenvalue weighted by Gasteiger charge is 2.09. The molecule has 2 N–H and O–H groups in total. The van der Waals surface area contributed by atoms with Crippen LogP contribution < -0.4 is 5.32 Å². The lowest BCUT2D eigenvalue weighted by Gasteiger charge is -2.04. The fraction of sp³-hybridized carbons (Fsp3) is 0.231. The molecule has 0 saturated carbocycles. The van der Waals surface area contributed by atoms with Crippen molar-refractivity contribution >= 4 is 16.9 Å². The Balaban J connectivity index is 1.77. The molecule has 0 spiro atoms. The average molecular weight is 270 g/mol. The van der Waals surface area contributed by atoms with E-state index < -0.39 is 0 Å². The summed E-state index contributed by atoms with van der Waals surface area (Å²) in [6.07, 6.45) is 1.65. The van der Waals surface area contributed by atoms with Crippen LogP contribution in [0.5, 0.6) is 0 Å². The molecule has 3 aromatic rings. The Morgan fingerprint density at radius 3 is 3.05 bits per heavy atom. The summed E-state index contributed by atoms with van der Waals surface area (Å²) in [4.78, 5) is 12.1. The summed E-state index contributed by atoms with van der Waals surface area (Å²) < 4.78 is 1.79. The molecule has 0 radical (unpaired) electrons. The molecule has 2 heterocycles. The third-order valence-corrected chi connectivity index (χ3v) is 3.07. The van der Waals surface area contributed by atoms with Gasteiger partial charge in [-0.3, -0.25) is 9.89 Å². The number of amides is 1. The third kappa shape index (κ3) is 2.25. The van der Waals surface area contributed by atoms with Gasteiger partial charge >= 0.3 is 0 Å². The van der Waals surface area contributed by atoms with Crippen LogP contribution in [0.2, 0.25) is 0 Å². The fourth-order valence-corrected chi connectivity index (χ4v) is 2.01. The maximum atomic E-state index is 12.1. The highest BCUT2D eigenvalue weighted by molar-refractivity contribution is 5.97. The number of fused-ring (bicyclic) bond motifs is 1. The van der Waals surface area contributed by atoms with Crippen molar-refractivity contribution in [3.8, 4) is 0 Å². The lowest BCUT2D eigenvalue weighted by Crippen LogP contribution is -2.22. The van der Waals surface area contributed by atoms with E-state index in [1.54, 1.807) is 23.0 Å². The Bertz CT molecular complexity index is 730. The predicted octanol–water partition coefficient (Wildman–Crippen LogP) is 1.10. The van der Waals surface area contributed by atoms with Crippen LogP contribution in [0.1, 0.15) is 23.0 Å². The van der Waals surface area contributed by atoms with E-state index >= 15 is 0 Å². The number of aryl methyl sites for hydroxylation is 1. The zero-order valence-corrected chi connectivity index (χ0v) is 11.0. The molecule has 102 valence electrons. The average Bonchev–Trinajstić information content (AvgIpc) is 3.13. The van der Waals surface area contributed by atoms with E-state index in [1.165, 1.54) is 0 Å². The minimum absolute atomic E-state index is 0.146. The number of hydrogen-bond acceptors (Lipinski definition) is 4. The highest BCUT2D eigenvalue weighted by atomic mass is 16.1. The van der Waals surface area contributed by atoms with Crippen molar-refractivity contribution in [2.45, 2.75) is 20.0 Å².